The van der Waals surface area contributed by atoms with Gasteiger partial charge in [-0.3, -0.25) is 4.79 Å². The van der Waals surface area contributed by atoms with E-state index in [0.29, 0.717) is 22.5 Å². The molecule has 0 aliphatic heterocycles. The highest BCUT2D eigenvalue weighted by molar-refractivity contribution is 6.30. The van der Waals surface area contributed by atoms with Gasteiger partial charge in [0.25, 0.3) is 0 Å². The summed E-state index contributed by atoms with van der Waals surface area (Å²) in [5.74, 6) is -0.577. The van der Waals surface area contributed by atoms with Crippen molar-refractivity contribution in [3.63, 3.8) is 0 Å². The first-order chi connectivity index (χ1) is 13.6. The van der Waals surface area contributed by atoms with Gasteiger partial charge in [0.15, 0.2) is 0 Å². The molecule has 0 saturated carbocycles. The van der Waals surface area contributed by atoms with Crippen molar-refractivity contribution in [2.45, 2.75) is 39.0 Å². The normalized spacial score (nSPS) is 13.4. The van der Waals surface area contributed by atoms with E-state index in [2.05, 4.69) is 4.98 Å². The Morgan fingerprint density at radius 1 is 1.11 bits per heavy atom. The number of carbonyl (C=O) groups excluding carboxylic acids is 1. The van der Waals surface area contributed by atoms with Gasteiger partial charge in [0, 0.05) is 22.5 Å². The largest absolute Gasteiger partial charge is 0.462 e. The van der Waals surface area contributed by atoms with Crippen LogP contribution in [0.5, 0.6) is 0 Å². The van der Waals surface area contributed by atoms with Gasteiger partial charge < -0.3 is 9.72 Å². The zero-order valence-electron chi connectivity index (χ0n) is 15.8. The first kappa shape index (κ1) is 18.8. The fourth-order valence-electron chi connectivity index (χ4n) is 4.00. The number of halogens is 1. The average Bonchev–Trinajstić information content (AvgIpc) is 2.70. The van der Waals surface area contributed by atoms with Gasteiger partial charge in [-0.05, 0) is 67.5 Å². The summed E-state index contributed by atoms with van der Waals surface area (Å²) >= 11 is 5.99. The summed E-state index contributed by atoms with van der Waals surface area (Å²) in [6.07, 6.45) is 4.68. The third-order valence-electron chi connectivity index (χ3n) is 5.36. The molecular weight excluding hydrogens is 374 g/mol. The van der Waals surface area contributed by atoms with E-state index >= 15 is 0 Å². The van der Waals surface area contributed by atoms with Crippen LogP contribution in [0.3, 0.4) is 0 Å². The lowest BCUT2D eigenvalue weighted by Gasteiger charge is -2.19. The van der Waals surface area contributed by atoms with E-state index in [4.69, 9.17) is 16.3 Å². The number of H-pyrrole nitrogens is 1. The second-order valence-electron chi connectivity index (χ2n) is 7.16. The molecule has 0 atom stereocenters. The van der Waals surface area contributed by atoms with Crippen molar-refractivity contribution in [2.24, 2.45) is 0 Å². The van der Waals surface area contributed by atoms with Gasteiger partial charge in [0.1, 0.15) is 5.56 Å². The zero-order chi connectivity index (χ0) is 19.7. The van der Waals surface area contributed by atoms with Crippen LogP contribution in [0.1, 0.15) is 52.5 Å². The van der Waals surface area contributed by atoms with Crippen LogP contribution in [0.15, 0.2) is 41.2 Å². The maximum Gasteiger partial charge on any atom is 0.343 e. The summed E-state index contributed by atoms with van der Waals surface area (Å²) in [6, 6.07) is 11.3. The minimum absolute atomic E-state index is 0.0973. The highest BCUT2D eigenvalue weighted by atomic mass is 35.5. The summed E-state index contributed by atoms with van der Waals surface area (Å²) in [4.78, 5) is 29.3. The van der Waals surface area contributed by atoms with Crippen LogP contribution >= 0.6 is 11.6 Å². The number of nitrogens with one attached hydrogen (secondary N) is 1. The van der Waals surface area contributed by atoms with Crippen LogP contribution in [0.2, 0.25) is 5.02 Å². The van der Waals surface area contributed by atoms with Gasteiger partial charge >= 0.3 is 5.97 Å². The number of hydrogen-bond acceptors (Lipinski definition) is 3. The number of benzene rings is 2. The molecule has 0 amide bonds. The molecule has 0 radical (unpaired) electrons. The van der Waals surface area contributed by atoms with Crippen molar-refractivity contribution in [3.05, 3.63) is 79.6 Å². The Bertz CT molecular complexity index is 1100. The molecule has 5 heteroatoms. The molecule has 28 heavy (non-hydrogen) atoms. The van der Waals surface area contributed by atoms with Crippen molar-refractivity contribution in [3.8, 4) is 0 Å². The zero-order valence-corrected chi connectivity index (χ0v) is 16.6. The number of aryl methyl sites for hydroxylation is 2. The molecular formula is C23H22ClNO3. The topological polar surface area (TPSA) is 59.2 Å². The molecule has 0 fully saturated rings. The van der Waals surface area contributed by atoms with Crippen LogP contribution in [0, 0.1) is 0 Å². The molecule has 0 spiro atoms. The summed E-state index contributed by atoms with van der Waals surface area (Å²) in [6.45, 7) is 1.96. The molecule has 1 aliphatic carbocycles. The van der Waals surface area contributed by atoms with Crippen molar-refractivity contribution in [1.29, 1.82) is 0 Å². The lowest BCUT2D eigenvalue weighted by atomic mass is 9.89. The third-order valence-corrected chi connectivity index (χ3v) is 5.61. The molecule has 4 rings (SSSR count). The standard InChI is InChI=1S/C23H22ClNO3/c1-2-28-23(27)20-19(13-14-7-10-16(24)11-8-14)25-21-17-6-4-3-5-15(17)9-12-18(21)22(20)26/h7-12H,2-6,13H2,1H3,(H,25,26). The fourth-order valence-corrected chi connectivity index (χ4v) is 4.13. The van der Waals surface area contributed by atoms with Gasteiger partial charge in [0.05, 0.1) is 12.1 Å². The highest BCUT2D eigenvalue weighted by Gasteiger charge is 2.23. The molecule has 3 aromatic rings. The second kappa shape index (κ2) is 7.80. The fraction of sp³-hybridized carbons (Fsp3) is 0.304. The number of aromatic amines is 1. The molecule has 1 N–H and O–H groups in total. The van der Waals surface area contributed by atoms with Gasteiger partial charge in [-0.2, -0.15) is 0 Å². The Kier molecular flexibility index (Phi) is 5.23. The lowest BCUT2D eigenvalue weighted by Crippen LogP contribution is -2.23. The predicted molar refractivity (Wildman–Crippen MR) is 111 cm³/mol. The minimum atomic E-state index is -0.577. The summed E-state index contributed by atoms with van der Waals surface area (Å²) < 4.78 is 5.19. The number of aromatic nitrogens is 1. The molecule has 4 nitrogen and oxygen atoms in total. The van der Waals surface area contributed by atoms with E-state index in [1.54, 1.807) is 6.92 Å². The third kappa shape index (κ3) is 3.45. The SMILES string of the molecule is CCOC(=O)c1c(Cc2ccc(Cl)cc2)[nH]c2c3c(ccc2c1=O)CCCC3. The maximum absolute atomic E-state index is 13.3. The van der Waals surface area contributed by atoms with Crippen LogP contribution < -0.4 is 5.43 Å². The average molecular weight is 396 g/mol. The number of fused-ring (bicyclic) bond motifs is 3. The van der Waals surface area contributed by atoms with Crippen molar-refractivity contribution in [2.75, 3.05) is 6.61 Å². The molecule has 144 valence electrons. The summed E-state index contributed by atoms with van der Waals surface area (Å²) in [7, 11) is 0. The van der Waals surface area contributed by atoms with E-state index in [1.807, 2.05) is 36.4 Å². The summed E-state index contributed by atoms with van der Waals surface area (Å²) in [5, 5.41) is 1.21. The minimum Gasteiger partial charge on any atom is -0.462 e. The Balaban J connectivity index is 1.93. The highest BCUT2D eigenvalue weighted by Crippen LogP contribution is 2.28. The monoisotopic (exact) mass is 395 g/mol. The molecule has 1 aromatic heterocycles. The van der Waals surface area contributed by atoms with Crippen LogP contribution in [0.25, 0.3) is 10.9 Å². The van der Waals surface area contributed by atoms with Crippen molar-refractivity contribution < 1.29 is 9.53 Å². The molecule has 1 heterocycles. The first-order valence-corrected chi connectivity index (χ1v) is 10.1. The number of esters is 1. The number of hydrogen-bond donors (Lipinski definition) is 1. The number of pyridine rings is 1. The quantitative estimate of drug-likeness (QED) is 0.644. The Morgan fingerprint density at radius 2 is 1.86 bits per heavy atom. The van der Waals surface area contributed by atoms with Gasteiger partial charge in [0.2, 0.25) is 5.43 Å². The molecule has 0 unspecified atom stereocenters. The summed E-state index contributed by atoms with van der Waals surface area (Å²) in [5.41, 5.74) is 4.75. The van der Waals surface area contributed by atoms with E-state index in [9.17, 15) is 9.59 Å². The Morgan fingerprint density at radius 3 is 2.61 bits per heavy atom. The number of rotatable bonds is 4. The lowest BCUT2D eigenvalue weighted by molar-refractivity contribution is 0.0523. The number of carbonyl (C=O) groups is 1. The Labute approximate surface area is 168 Å². The van der Waals surface area contributed by atoms with E-state index < -0.39 is 5.97 Å². The van der Waals surface area contributed by atoms with Gasteiger partial charge in [-0.1, -0.05) is 29.8 Å². The smallest absolute Gasteiger partial charge is 0.343 e. The van der Waals surface area contributed by atoms with Crippen molar-refractivity contribution >= 4 is 28.5 Å². The molecule has 1 aliphatic rings. The van der Waals surface area contributed by atoms with Crippen LogP contribution in [-0.2, 0) is 24.0 Å². The molecule has 0 saturated heterocycles. The van der Waals surface area contributed by atoms with Crippen molar-refractivity contribution in [1.82, 2.24) is 4.98 Å². The molecule has 2 aromatic carbocycles. The van der Waals surface area contributed by atoms with Gasteiger partial charge in [-0.15, -0.1) is 0 Å². The van der Waals surface area contributed by atoms with Gasteiger partial charge in [-0.25, -0.2) is 4.79 Å². The number of ether oxygens (including phenoxy) is 1. The molecule has 0 bridgehead atoms. The van der Waals surface area contributed by atoms with E-state index in [1.165, 1.54) is 17.5 Å². The van der Waals surface area contributed by atoms with Crippen LogP contribution in [-0.4, -0.2) is 17.6 Å². The van der Waals surface area contributed by atoms with E-state index in [0.717, 1.165) is 30.3 Å². The Hall–Kier alpha value is -2.59. The van der Waals surface area contributed by atoms with E-state index in [-0.39, 0.29) is 17.6 Å². The second-order valence-corrected chi connectivity index (χ2v) is 7.60. The maximum atomic E-state index is 13.3. The first-order valence-electron chi connectivity index (χ1n) is 9.69. The predicted octanol–water partition coefficient (Wildman–Crippen LogP) is 4.83. The van der Waals surface area contributed by atoms with Crippen LogP contribution in [0.4, 0.5) is 0 Å².